The molecule has 0 saturated heterocycles. The van der Waals surface area contributed by atoms with Gasteiger partial charge < -0.3 is 4.74 Å². The van der Waals surface area contributed by atoms with Gasteiger partial charge in [-0.05, 0) is 38.1 Å². The standard InChI is InChI=1S/C14H23N2O/c1-6-15(4)12(3)16(7-2)13-8-10-14(17-5)11-9-13/h8-11H,6-7H2,1-5H3/q+1. The summed E-state index contributed by atoms with van der Waals surface area (Å²) in [6.07, 6.45) is 0. The highest BCUT2D eigenvalue weighted by atomic mass is 16.5. The molecule has 17 heavy (non-hydrogen) atoms. The molecule has 0 amide bonds. The van der Waals surface area contributed by atoms with Crippen molar-refractivity contribution in [1.29, 1.82) is 0 Å². The fourth-order valence-electron chi connectivity index (χ4n) is 1.80. The molecular formula is C14H23N2O+. The van der Waals surface area contributed by atoms with Gasteiger partial charge in [0.2, 0.25) is 5.84 Å². The Hall–Kier alpha value is -1.51. The Kier molecular flexibility index (Phi) is 5.01. The van der Waals surface area contributed by atoms with Gasteiger partial charge in [-0.2, -0.15) is 0 Å². The van der Waals surface area contributed by atoms with Gasteiger partial charge in [0.1, 0.15) is 11.4 Å². The number of hydrogen-bond donors (Lipinski definition) is 0. The van der Waals surface area contributed by atoms with E-state index >= 15 is 0 Å². The summed E-state index contributed by atoms with van der Waals surface area (Å²) < 4.78 is 7.47. The molecule has 1 aromatic rings. The van der Waals surface area contributed by atoms with Crippen molar-refractivity contribution in [1.82, 2.24) is 4.90 Å². The number of amidine groups is 1. The first kappa shape index (κ1) is 13.6. The fraction of sp³-hybridized carbons (Fsp3) is 0.500. The van der Waals surface area contributed by atoms with E-state index in [0.29, 0.717) is 0 Å². The minimum absolute atomic E-state index is 0.895. The number of rotatable bonds is 4. The molecule has 3 nitrogen and oxygen atoms in total. The zero-order valence-electron chi connectivity index (χ0n) is 11.5. The van der Waals surface area contributed by atoms with Gasteiger partial charge in [0.15, 0.2) is 0 Å². The van der Waals surface area contributed by atoms with E-state index in [-0.39, 0.29) is 0 Å². The summed E-state index contributed by atoms with van der Waals surface area (Å²) in [7, 11) is 3.80. The molecule has 1 aromatic carbocycles. The van der Waals surface area contributed by atoms with Crippen LogP contribution in [-0.4, -0.2) is 42.6 Å². The Morgan fingerprint density at radius 1 is 1.24 bits per heavy atom. The van der Waals surface area contributed by atoms with Crippen LogP contribution in [0.25, 0.3) is 0 Å². The Bertz CT molecular complexity index is 382. The fourth-order valence-corrected chi connectivity index (χ4v) is 1.80. The van der Waals surface area contributed by atoms with Crippen LogP contribution < -0.4 is 4.74 Å². The largest absolute Gasteiger partial charge is 0.497 e. The molecule has 1 rings (SSSR count). The van der Waals surface area contributed by atoms with Crippen molar-refractivity contribution in [2.24, 2.45) is 0 Å². The van der Waals surface area contributed by atoms with E-state index in [0.717, 1.165) is 18.8 Å². The molecule has 0 aliphatic carbocycles. The Morgan fingerprint density at radius 3 is 2.24 bits per heavy atom. The van der Waals surface area contributed by atoms with E-state index in [1.165, 1.54) is 11.5 Å². The number of benzene rings is 1. The first-order valence-electron chi connectivity index (χ1n) is 6.10. The lowest BCUT2D eigenvalue weighted by molar-refractivity contribution is -0.442. The van der Waals surface area contributed by atoms with E-state index in [1.54, 1.807) is 7.11 Å². The van der Waals surface area contributed by atoms with Gasteiger partial charge in [-0.25, -0.2) is 4.58 Å². The smallest absolute Gasteiger partial charge is 0.248 e. The van der Waals surface area contributed by atoms with Gasteiger partial charge in [0, 0.05) is 6.92 Å². The van der Waals surface area contributed by atoms with Crippen molar-refractivity contribution in [3.8, 4) is 5.75 Å². The third kappa shape index (κ3) is 3.22. The number of hydrogen-bond acceptors (Lipinski definition) is 1. The summed E-state index contributed by atoms with van der Waals surface area (Å²) in [6.45, 7) is 8.45. The molecule has 0 N–H and O–H groups in total. The van der Waals surface area contributed by atoms with Crippen LogP contribution >= 0.6 is 0 Å². The topological polar surface area (TPSA) is 15.5 Å². The Morgan fingerprint density at radius 2 is 1.82 bits per heavy atom. The molecule has 0 atom stereocenters. The number of ether oxygens (including phenoxy) is 1. The number of methoxy groups -OCH3 is 1. The van der Waals surface area contributed by atoms with Crippen LogP contribution in [0.4, 0.5) is 5.69 Å². The van der Waals surface area contributed by atoms with Crippen LogP contribution in [-0.2, 0) is 0 Å². The summed E-state index contributed by atoms with van der Waals surface area (Å²) in [6, 6.07) is 8.18. The summed E-state index contributed by atoms with van der Waals surface area (Å²) in [5, 5.41) is 0. The molecule has 3 heteroatoms. The summed E-state index contributed by atoms with van der Waals surface area (Å²) >= 11 is 0. The zero-order valence-corrected chi connectivity index (χ0v) is 11.5. The molecule has 0 aliphatic heterocycles. The molecule has 0 aromatic heterocycles. The van der Waals surface area contributed by atoms with Gasteiger partial charge in [-0.1, -0.05) is 0 Å². The summed E-state index contributed by atoms with van der Waals surface area (Å²) in [5.74, 6) is 2.16. The van der Waals surface area contributed by atoms with E-state index in [1.807, 2.05) is 12.1 Å². The zero-order chi connectivity index (χ0) is 12.8. The third-order valence-electron chi connectivity index (χ3n) is 3.12. The second kappa shape index (κ2) is 6.28. The summed E-state index contributed by atoms with van der Waals surface area (Å²) in [5.41, 5.74) is 1.20. The highest BCUT2D eigenvalue weighted by molar-refractivity contribution is 5.75. The molecule has 0 radical (unpaired) electrons. The maximum atomic E-state index is 5.18. The molecule has 0 heterocycles. The lowest BCUT2D eigenvalue weighted by atomic mass is 10.3. The molecule has 0 aliphatic rings. The van der Waals surface area contributed by atoms with Gasteiger partial charge in [-0.3, -0.25) is 4.90 Å². The first-order valence-corrected chi connectivity index (χ1v) is 6.10. The van der Waals surface area contributed by atoms with Crippen molar-refractivity contribution in [3.63, 3.8) is 0 Å². The lowest BCUT2D eigenvalue weighted by Gasteiger charge is -2.15. The lowest BCUT2D eigenvalue weighted by Crippen LogP contribution is -2.31. The van der Waals surface area contributed by atoms with E-state index in [9.17, 15) is 0 Å². The van der Waals surface area contributed by atoms with Crippen molar-refractivity contribution in [2.45, 2.75) is 20.8 Å². The SMILES string of the molecule is CCN(C)/C(C)=[N+](/CC)c1ccc(OC)cc1. The molecule has 0 bridgehead atoms. The van der Waals surface area contributed by atoms with Crippen molar-refractivity contribution >= 4 is 11.5 Å². The van der Waals surface area contributed by atoms with Crippen LogP contribution in [0.5, 0.6) is 5.75 Å². The molecule has 0 fully saturated rings. The van der Waals surface area contributed by atoms with Crippen molar-refractivity contribution in [2.75, 3.05) is 27.2 Å². The monoisotopic (exact) mass is 235 g/mol. The second-order valence-electron chi connectivity index (χ2n) is 4.00. The average molecular weight is 235 g/mol. The maximum absolute atomic E-state index is 5.18. The minimum atomic E-state index is 0.895. The van der Waals surface area contributed by atoms with Crippen LogP contribution in [0.3, 0.4) is 0 Å². The first-order chi connectivity index (χ1) is 8.13. The van der Waals surface area contributed by atoms with Crippen LogP contribution in [0, 0.1) is 0 Å². The quantitative estimate of drug-likeness (QED) is 0.453. The van der Waals surface area contributed by atoms with E-state index in [4.69, 9.17) is 4.74 Å². The molecule has 94 valence electrons. The van der Waals surface area contributed by atoms with Crippen LogP contribution in [0.15, 0.2) is 24.3 Å². The second-order valence-corrected chi connectivity index (χ2v) is 4.00. The van der Waals surface area contributed by atoms with Gasteiger partial charge in [0.25, 0.3) is 0 Å². The van der Waals surface area contributed by atoms with Crippen molar-refractivity contribution < 1.29 is 9.31 Å². The van der Waals surface area contributed by atoms with Crippen molar-refractivity contribution in [3.05, 3.63) is 24.3 Å². The molecule has 0 saturated carbocycles. The highest BCUT2D eigenvalue weighted by Gasteiger charge is 2.13. The number of nitrogens with zero attached hydrogens (tertiary/aromatic N) is 2. The Balaban J connectivity index is 3.08. The Labute approximate surface area is 104 Å². The van der Waals surface area contributed by atoms with Gasteiger partial charge >= 0.3 is 0 Å². The van der Waals surface area contributed by atoms with Crippen LogP contribution in [0.2, 0.25) is 0 Å². The molecule has 0 unspecified atom stereocenters. The van der Waals surface area contributed by atoms with Gasteiger partial charge in [0.05, 0.1) is 27.2 Å². The van der Waals surface area contributed by atoms with Crippen LogP contribution in [0.1, 0.15) is 20.8 Å². The van der Waals surface area contributed by atoms with E-state index in [2.05, 4.69) is 49.4 Å². The third-order valence-corrected chi connectivity index (χ3v) is 3.12. The molecule has 0 spiro atoms. The predicted molar refractivity (Wildman–Crippen MR) is 72.4 cm³/mol. The highest BCUT2D eigenvalue weighted by Crippen LogP contribution is 2.18. The predicted octanol–water partition coefficient (Wildman–Crippen LogP) is 2.73. The average Bonchev–Trinajstić information content (AvgIpc) is 2.39. The van der Waals surface area contributed by atoms with Gasteiger partial charge in [-0.15, -0.1) is 0 Å². The normalized spacial score (nSPS) is 12.1. The molecular weight excluding hydrogens is 212 g/mol. The van der Waals surface area contributed by atoms with E-state index < -0.39 is 0 Å². The minimum Gasteiger partial charge on any atom is -0.497 e. The maximum Gasteiger partial charge on any atom is 0.248 e. The summed E-state index contributed by atoms with van der Waals surface area (Å²) in [4.78, 5) is 2.24.